The first kappa shape index (κ1) is 15.0. The van der Waals surface area contributed by atoms with Crippen LogP contribution >= 0.6 is 11.3 Å². The van der Waals surface area contributed by atoms with Gasteiger partial charge in [-0.25, -0.2) is 9.78 Å². The molecule has 6 nitrogen and oxygen atoms in total. The molecule has 1 aromatic heterocycles. The molecule has 0 saturated heterocycles. The predicted octanol–water partition coefficient (Wildman–Crippen LogP) is 1.90. The summed E-state index contributed by atoms with van der Waals surface area (Å²) in [6.07, 6.45) is 0.574. The van der Waals surface area contributed by atoms with E-state index in [1.807, 2.05) is 19.1 Å². The van der Waals surface area contributed by atoms with Crippen LogP contribution in [0.15, 0.2) is 23.6 Å². The molecule has 1 aromatic carbocycles. The number of aromatic nitrogens is 1. The van der Waals surface area contributed by atoms with Gasteiger partial charge in [-0.15, -0.1) is 11.3 Å². The number of thiazole rings is 1. The lowest BCUT2D eigenvalue weighted by molar-refractivity contribution is 0.0691. The molecule has 0 unspecified atom stereocenters. The molecule has 7 heteroatoms. The Hall–Kier alpha value is -2.41. The molecule has 110 valence electrons. The van der Waals surface area contributed by atoms with Crippen molar-refractivity contribution < 1.29 is 14.7 Å². The van der Waals surface area contributed by atoms with Crippen molar-refractivity contribution >= 4 is 28.9 Å². The number of hydrogen-bond acceptors (Lipinski definition) is 5. The third-order valence-electron chi connectivity index (χ3n) is 2.87. The second-order valence-electron chi connectivity index (χ2n) is 4.52. The average Bonchev–Trinajstić information content (AvgIpc) is 2.87. The number of aryl methyl sites for hydroxylation is 1. The molecule has 2 aromatic rings. The van der Waals surface area contributed by atoms with Crippen molar-refractivity contribution in [2.75, 3.05) is 11.9 Å². The molecule has 0 radical (unpaired) electrons. The molecular formula is C14H15N3O3S. The fourth-order valence-corrected chi connectivity index (χ4v) is 2.62. The molecular weight excluding hydrogens is 290 g/mol. The number of carbonyl (C=O) groups is 2. The highest BCUT2D eigenvalue weighted by atomic mass is 32.1. The molecule has 0 aliphatic heterocycles. The first-order chi connectivity index (χ1) is 9.97. The van der Waals surface area contributed by atoms with Crippen molar-refractivity contribution in [3.8, 4) is 0 Å². The minimum atomic E-state index is -1.03. The van der Waals surface area contributed by atoms with Gasteiger partial charge in [-0.3, -0.25) is 4.79 Å². The van der Waals surface area contributed by atoms with Crippen LogP contribution in [0.2, 0.25) is 0 Å². The van der Waals surface area contributed by atoms with E-state index < -0.39 is 11.9 Å². The number of carboxylic acids is 1. The van der Waals surface area contributed by atoms with Gasteiger partial charge in [-0.05, 0) is 24.6 Å². The Kier molecular flexibility index (Phi) is 4.54. The number of amides is 1. The molecule has 4 N–H and O–H groups in total. The molecule has 0 aliphatic carbocycles. The molecule has 0 bridgehead atoms. The van der Waals surface area contributed by atoms with Gasteiger partial charge >= 0.3 is 5.97 Å². The first-order valence-corrected chi connectivity index (χ1v) is 7.17. The van der Waals surface area contributed by atoms with Crippen LogP contribution in [0.3, 0.4) is 0 Å². The van der Waals surface area contributed by atoms with Gasteiger partial charge in [-0.2, -0.15) is 0 Å². The van der Waals surface area contributed by atoms with Crippen molar-refractivity contribution in [1.82, 2.24) is 4.98 Å². The van der Waals surface area contributed by atoms with Gasteiger partial charge in [-0.1, -0.05) is 6.07 Å². The number of benzene rings is 1. The summed E-state index contributed by atoms with van der Waals surface area (Å²) in [4.78, 5) is 26.1. The lowest BCUT2D eigenvalue weighted by Gasteiger charge is -2.10. The number of nitrogens with one attached hydrogen (secondary N) is 1. The molecule has 0 spiro atoms. The van der Waals surface area contributed by atoms with Gasteiger partial charge in [0.15, 0.2) is 5.69 Å². The molecule has 0 aliphatic rings. The zero-order chi connectivity index (χ0) is 15.4. The van der Waals surface area contributed by atoms with Gasteiger partial charge in [0.25, 0.3) is 5.91 Å². The maximum atomic E-state index is 11.4. The van der Waals surface area contributed by atoms with E-state index >= 15 is 0 Å². The van der Waals surface area contributed by atoms with Crippen molar-refractivity contribution in [2.24, 2.45) is 5.73 Å². The third kappa shape index (κ3) is 3.79. The van der Waals surface area contributed by atoms with E-state index in [9.17, 15) is 9.59 Å². The minimum Gasteiger partial charge on any atom is -0.476 e. The van der Waals surface area contributed by atoms with Crippen molar-refractivity contribution in [1.29, 1.82) is 0 Å². The van der Waals surface area contributed by atoms with Gasteiger partial charge in [0.05, 0.1) is 10.6 Å². The maximum Gasteiger partial charge on any atom is 0.355 e. The van der Waals surface area contributed by atoms with E-state index in [0.717, 1.165) is 10.6 Å². The highest BCUT2D eigenvalue weighted by molar-refractivity contribution is 7.09. The fraction of sp³-hybridized carbons (Fsp3) is 0.214. The third-order valence-corrected chi connectivity index (χ3v) is 3.77. The zero-order valence-electron chi connectivity index (χ0n) is 11.4. The van der Waals surface area contributed by atoms with Crippen molar-refractivity contribution in [3.63, 3.8) is 0 Å². The molecule has 1 heterocycles. The standard InChI is InChI=1S/C14H15N3O3S/c1-8-2-3-9(13(15)18)10(6-8)16-5-4-12-17-11(7-21-12)14(19)20/h2-3,6-7,16H,4-5H2,1H3,(H2,15,18)(H,19,20). The van der Waals surface area contributed by atoms with Gasteiger partial charge < -0.3 is 16.2 Å². The Morgan fingerprint density at radius 3 is 2.81 bits per heavy atom. The van der Waals surface area contributed by atoms with Crippen LogP contribution in [-0.4, -0.2) is 28.5 Å². The van der Waals surface area contributed by atoms with Crippen LogP contribution in [0, 0.1) is 6.92 Å². The highest BCUT2D eigenvalue weighted by Crippen LogP contribution is 2.17. The molecule has 21 heavy (non-hydrogen) atoms. The SMILES string of the molecule is Cc1ccc(C(N)=O)c(NCCc2nc(C(=O)O)cs2)c1. The van der Waals surface area contributed by atoms with Crippen LogP contribution in [0.1, 0.15) is 31.4 Å². The minimum absolute atomic E-state index is 0.0587. The largest absolute Gasteiger partial charge is 0.476 e. The summed E-state index contributed by atoms with van der Waals surface area (Å²) < 4.78 is 0. The van der Waals surface area contributed by atoms with Crippen LogP contribution in [0.25, 0.3) is 0 Å². The fourth-order valence-electron chi connectivity index (χ4n) is 1.85. The predicted molar refractivity (Wildman–Crippen MR) is 81.0 cm³/mol. The van der Waals surface area contributed by atoms with Crippen LogP contribution in [0.5, 0.6) is 0 Å². The van der Waals surface area contributed by atoms with Crippen LogP contribution < -0.4 is 11.1 Å². The number of anilines is 1. The first-order valence-electron chi connectivity index (χ1n) is 6.29. The molecule has 2 rings (SSSR count). The quantitative estimate of drug-likeness (QED) is 0.756. The van der Waals surface area contributed by atoms with Crippen LogP contribution in [0.4, 0.5) is 5.69 Å². The number of nitrogens with two attached hydrogens (primary N) is 1. The summed E-state index contributed by atoms with van der Waals surface area (Å²) >= 11 is 1.30. The number of primary amides is 1. The highest BCUT2D eigenvalue weighted by Gasteiger charge is 2.10. The number of rotatable bonds is 6. The van der Waals surface area contributed by atoms with E-state index in [2.05, 4.69) is 10.3 Å². The summed E-state index contributed by atoms with van der Waals surface area (Å²) in [6.45, 7) is 2.46. The lowest BCUT2D eigenvalue weighted by atomic mass is 10.1. The van der Waals surface area contributed by atoms with Gasteiger partial charge in [0.2, 0.25) is 0 Å². The van der Waals surface area contributed by atoms with E-state index in [-0.39, 0.29) is 5.69 Å². The Morgan fingerprint density at radius 2 is 2.19 bits per heavy atom. The summed E-state index contributed by atoms with van der Waals surface area (Å²) in [5, 5.41) is 14.2. The normalized spacial score (nSPS) is 10.3. The van der Waals surface area contributed by atoms with E-state index in [4.69, 9.17) is 10.8 Å². The van der Waals surface area contributed by atoms with Crippen molar-refractivity contribution in [2.45, 2.75) is 13.3 Å². The smallest absolute Gasteiger partial charge is 0.355 e. The number of carbonyl (C=O) groups excluding carboxylic acids is 1. The Balaban J connectivity index is 2.01. The molecule has 1 amide bonds. The Morgan fingerprint density at radius 1 is 1.43 bits per heavy atom. The maximum absolute atomic E-state index is 11.4. The summed E-state index contributed by atoms with van der Waals surface area (Å²) in [7, 11) is 0. The summed E-state index contributed by atoms with van der Waals surface area (Å²) in [5.41, 5.74) is 7.52. The zero-order valence-corrected chi connectivity index (χ0v) is 12.2. The van der Waals surface area contributed by atoms with Crippen LogP contribution in [-0.2, 0) is 6.42 Å². The van der Waals surface area contributed by atoms with E-state index in [0.29, 0.717) is 24.2 Å². The topological polar surface area (TPSA) is 105 Å². The Bertz CT molecular complexity index is 682. The van der Waals surface area contributed by atoms with Crippen molar-refractivity contribution in [3.05, 3.63) is 45.4 Å². The lowest BCUT2D eigenvalue weighted by Crippen LogP contribution is -2.15. The second kappa shape index (κ2) is 6.36. The summed E-state index contributed by atoms with van der Waals surface area (Å²) in [6, 6.07) is 5.36. The monoisotopic (exact) mass is 305 g/mol. The molecule has 0 saturated carbocycles. The van der Waals surface area contributed by atoms with Gasteiger partial charge in [0, 0.05) is 24.0 Å². The second-order valence-corrected chi connectivity index (χ2v) is 5.46. The summed E-state index contributed by atoms with van der Waals surface area (Å²) in [5.74, 6) is -1.51. The Labute approximate surface area is 125 Å². The number of nitrogens with zero attached hydrogens (tertiary/aromatic N) is 1. The molecule has 0 fully saturated rings. The number of aromatic carboxylic acids is 1. The average molecular weight is 305 g/mol. The molecule has 0 atom stereocenters. The van der Waals surface area contributed by atoms with E-state index in [1.165, 1.54) is 16.7 Å². The number of carboxylic acid groups (broad SMARTS) is 1. The van der Waals surface area contributed by atoms with Gasteiger partial charge in [0.1, 0.15) is 0 Å². The number of hydrogen-bond donors (Lipinski definition) is 3. The van der Waals surface area contributed by atoms with E-state index in [1.54, 1.807) is 6.07 Å².